The van der Waals surface area contributed by atoms with Crippen LogP contribution in [0.5, 0.6) is 0 Å². The number of nitrogens with zero attached hydrogens (tertiary/aromatic N) is 1. The minimum absolute atomic E-state index is 0.361. The monoisotopic (exact) mass is 279 g/mol. The van der Waals surface area contributed by atoms with Gasteiger partial charge in [-0.25, -0.2) is 8.42 Å². The summed E-state index contributed by atoms with van der Waals surface area (Å²) >= 11 is 6.90. The van der Waals surface area contributed by atoms with Gasteiger partial charge >= 0.3 is 0 Å². The highest BCUT2D eigenvalue weighted by Gasteiger charge is 2.26. The summed E-state index contributed by atoms with van der Waals surface area (Å²) in [4.78, 5) is 0. The van der Waals surface area contributed by atoms with Crippen LogP contribution in [-0.4, -0.2) is 25.8 Å². The molecule has 2 rings (SSSR count). The molecule has 6 heteroatoms. The van der Waals surface area contributed by atoms with E-state index in [0.717, 1.165) is 37.0 Å². The first-order valence-electron chi connectivity index (χ1n) is 5.36. The van der Waals surface area contributed by atoms with Gasteiger partial charge in [0.15, 0.2) is 0 Å². The molecule has 0 aliphatic carbocycles. The summed E-state index contributed by atoms with van der Waals surface area (Å²) in [6.45, 7) is 1.27. The highest BCUT2D eigenvalue weighted by atomic mass is 35.5. The van der Waals surface area contributed by atoms with Gasteiger partial charge in [0.25, 0.3) is 10.0 Å². The van der Waals surface area contributed by atoms with Crippen LogP contribution in [0.1, 0.15) is 25.7 Å². The lowest BCUT2D eigenvalue weighted by molar-refractivity contribution is 0.425. The van der Waals surface area contributed by atoms with Crippen LogP contribution in [0.25, 0.3) is 0 Å². The summed E-state index contributed by atoms with van der Waals surface area (Å²) in [5.41, 5.74) is 0. The largest absolute Gasteiger partial charge is 0.252 e. The second kappa shape index (κ2) is 5.04. The molecule has 1 aliphatic heterocycles. The predicted molar refractivity (Wildman–Crippen MR) is 66.6 cm³/mol. The van der Waals surface area contributed by atoms with Gasteiger partial charge < -0.3 is 0 Å². The summed E-state index contributed by atoms with van der Waals surface area (Å²) in [5.74, 6) is 0. The van der Waals surface area contributed by atoms with E-state index in [0.29, 0.717) is 21.6 Å². The van der Waals surface area contributed by atoms with Crippen molar-refractivity contribution in [3.8, 4) is 0 Å². The number of rotatable bonds is 2. The van der Waals surface area contributed by atoms with Crippen molar-refractivity contribution < 1.29 is 8.42 Å². The lowest BCUT2D eigenvalue weighted by Gasteiger charge is -2.18. The molecule has 0 bridgehead atoms. The van der Waals surface area contributed by atoms with Crippen molar-refractivity contribution in [2.24, 2.45) is 0 Å². The van der Waals surface area contributed by atoms with Crippen LogP contribution in [0.4, 0.5) is 0 Å². The Balaban J connectivity index is 2.23. The molecule has 0 unspecified atom stereocenters. The van der Waals surface area contributed by atoms with Gasteiger partial charge in [-0.2, -0.15) is 4.31 Å². The molecule has 0 spiro atoms. The van der Waals surface area contributed by atoms with Gasteiger partial charge in [0, 0.05) is 13.1 Å². The maximum absolute atomic E-state index is 12.2. The molecule has 1 fully saturated rings. The van der Waals surface area contributed by atoms with Gasteiger partial charge in [0.05, 0.1) is 4.34 Å². The van der Waals surface area contributed by atoms with Crippen LogP contribution in [0.2, 0.25) is 4.34 Å². The minimum atomic E-state index is -3.30. The molecule has 90 valence electrons. The molecule has 16 heavy (non-hydrogen) atoms. The van der Waals surface area contributed by atoms with Gasteiger partial charge in [-0.15, -0.1) is 11.3 Å². The molecular weight excluding hydrogens is 266 g/mol. The van der Waals surface area contributed by atoms with Crippen LogP contribution >= 0.6 is 22.9 Å². The first-order valence-corrected chi connectivity index (χ1v) is 7.99. The lowest BCUT2D eigenvalue weighted by atomic mass is 10.2. The van der Waals surface area contributed by atoms with Crippen molar-refractivity contribution in [1.82, 2.24) is 4.31 Å². The van der Waals surface area contributed by atoms with Crippen LogP contribution in [-0.2, 0) is 10.0 Å². The fraction of sp³-hybridized carbons (Fsp3) is 0.600. The maximum Gasteiger partial charge on any atom is 0.252 e. The highest BCUT2D eigenvalue weighted by molar-refractivity contribution is 7.91. The Morgan fingerprint density at radius 2 is 1.75 bits per heavy atom. The quantitative estimate of drug-likeness (QED) is 0.835. The van der Waals surface area contributed by atoms with Crippen molar-refractivity contribution >= 4 is 33.0 Å². The molecule has 0 aromatic carbocycles. The Hall–Kier alpha value is -0.100. The van der Waals surface area contributed by atoms with Gasteiger partial charge in [-0.05, 0) is 25.0 Å². The van der Waals surface area contributed by atoms with Gasteiger partial charge in [0.1, 0.15) is 4.21 Å². The SMILES string of the molecule is O=S(=O)(c1ccc(Cl)s1)N1CCCCCC1. The second-order valence-electron chi connectivity index (χ2n) is 3.88. The topological polar surface area (TPSA) is 37.4 Å². The number of halogens is 1. The van der Waals surface area contributed by atoms with Crippen molar-refractivity contribution in [3.05, 3.63) is 16.5 Å². The first-order chi connectivity index (χ1) is 7.60. The Bertz CT molecular complexity index is 447. The van der Waals surface area contributed by atoms with Crippen molar-refractivity contribution in [3.63, 3.8) is 0 Å². The molecule has 0 radical (unpaired) electrons. The fourth-order valence-corrected chi connectivity index (χ4v) is 5.00. The second-order valence-corrected chi connectivity index (χ2v) is 7.76. The number of thiophene rings is 1. The summed E-state index contributed by atoms with van der Waals surface area (Å²) < 4.78 is 26.9. The molecule has 0 saturated carbocycles. The Labute approximate surface area is 105 Å². The van der Waals surface area contributed by atoms with Gasteiger partial charge in [-0.3, -0.25) is 0 Å². The molecule has 1 aromatic heterocycles. The molecule has 0 atom stereocenters. The zero-order valence-corrected chi connectivity index (χ0v) is 11.2. The summed E-state index contributed by atoms with van der Waals surface area (Å²) in [5, 5.41) is 0. The van der Waals surface area contributed by atoms with Crippen LogP contribution in [0, 0.1) is 0 Å². The molecule has 1 aliphatic rings. The molecule has 1 aromatic rings. The van der Waals surface area contributed by atoms with Gasteiger partial charge in [-0.1, -0.05) is 24.4 Å². The van der Waals surface area contributed by atoms with E-state index in [9.17, 15) is 8.42 Å². The molecule has 0 N–H and O–H groups in total. The average molecular weight is 280 g/mol. The average Bonchev–Trinajstić information content (AvgIpc) is 2.54. The van der Waals surface area contributed by atoms with E-state index >= 15 is 0 Å². The van der Waals surface area contributed by atoms with Crippen LogP contribution < -0.4 is 0 Å². The van der Waals surface area contributed by atoms with Crippen LogP contribution in [0.3, 0.4) is 0 Å². The van der Waals surface area contributed by atoms with E-state index in [2.05, 4.69) is 0 Å². The summed E-state index contributed by atoms with van der Waals surface area (Å²) in [6.07, 6.45) is 4.16. The van der Waals surface area contributed by atoms with Gasteiger partial charge in [0.2, 0.25) is 0 Å². The van der Waals surface area contributed by atoms with E-state index in [1.807, 2.05) is 0 Å². The normalized spacial score (nSPS) is 19.6. The third-order valence-corrected chi connectivity index (χ3v) is 6.30. The first kappa shape index (κ1) is 12.4. The number of sulfonamides is 1. The zero-order valence-electron chi connectivity index (χ0n) is 8.86. The molecule has 1 saturated heterocycles. The molecule has 2 heterocycles. The molecule has 0 amide bonds. The lowest BCUT2D eigenvalue weighted by Crippen LogP contribution is -2.31. The van der Waals surface area contributed by atoms with E-state index in [1.165, 1.54) is 0 Å². The van der Waals surface area contributed by atoms with E-state index in [-0.39, 0.29) is 0 Å². The molecule has 3 nitrogen and oxygen atoms in total. The fourth-order valence-electron chi connectivity index (χ4n) is 1.85. The van der Waals surface area contributed by atoms with Crippen LogP contribution in [0.15, 0.2) is 16.3 Å². The summed E-state index contributed by atoms with van der Waals surface area (Å²) in [6, 6.07) is 3.23. The smallest absolute Gasteiger partial charge is 0.206 e. The Morgan fingerprint density at radius 3 is 2.25 bits per heavy atom. The summed E-state index contributed by atoms with van der Waals surface area (Å²) in [7, 11) is -3.30. The zero-order chi connectivity index (χ0) is 11.6. The van der Waals surface area contributed by atoms with E-state index < -0.39 is 10.0 Å². The maximum atomic E-state index is 12.2. The standard InChI is InChI=1S/C10H14ClNO2S2/c11-9-5-6-10(15-9)16(13,14)12-7-3-1-2-4-8-12/h5-6H,1-4,7-8H2. The Kier molecular flexibility index (Phi) is 3.89. The highest BCUT2D eigenvalue weighted by Crippen LogP contribution is 2.29. The number of hydrogen-bond donors (Lipinski definition) is 0. The van der Waals surface area contributed by atoms with Crippen molar-refractivity contribution in [2.45, 2.75) is 29.9 Å². The molecular formula is C10H14ClNO2S2. The number of hydrogen-bond acceptors (Lipinski definition) is 3. The van der Waals surface area contributed by atoms with E-state index in [1.54, 1.807) is 16.4 Å². The Morgan fingerprint density at radius 1 is 1.12 bits per heavy atom. The van der Waals surface area contributed by atoms with Crippen molar-refractivity contribution in [2.75, 3.05) is 13.1 Å². The third kappa shape index (κ3) is 2.59. The third-order valence-electron chi connectivity index (χ3n) is 2.71. The van der Waals surface area contributed by atoms with Crippen molar-refractivity contribution in [1.29, 1.82) is 0 Å². The minimum Gasteiger partial charge on any atom is -0.206 e. The predicted octanol–water partition coefficient (Wildman–Crippen LogP) is 2.97. The van der Waals surface area contributed by atoms with E-state index in [4.69, 9.17) is 11.6 Å².